The number of benzene rings is 1. The SMILES string of the molecule is O=C(c1ccc(I)cc1)N(CCBr)C1CC1. The van der Waals surface area contributed by atoms with E-state index >= 15 is 0 Å². The molecule has 2 rings (SSSR count). The Morgan fingerprint density at radius 3 is 2.50 bits per heavy atom. The summed E-state index contributed by atoms with van der Waals surface area (Å²) in [6, 6.07) is 8.26. The Labute approximate surface area is 118 Å². The molecular formula is C12H13BrINO. The van der Waals surface area contributed by atoms with E-state index in [2.05, 4.69) is 38.5 Å². The van der Waals surface area contributed by atoms with Gasteiger partial charge in [0.25, 0.3) is 5.91 Å². The Bertz CT molecular complexity index is 375. The summed E-state index contributed by atoms with van der Waals surface area (Å²) in [4.78, 5) is 14.2. The Kier molecular flexibility index (Phi) is 4.24. The summed E-state index contributed by atoms with van der Waals surface area (Å²) in [7, 11) is 0. The normalized spacial score (nSPS) is 14.9. The van der Waals surface area contributed by atoms with Crippen molar-refractivity contribution in [2.24, 2.45) is 0 Å². The van der Waals surface area contributed by atoms with Crippen molar-refractivity contribution in [2.45, 2.75) is 18.9 Å². The van der Waals surface area contributed by atoms with Gasteiger partial charge in [-0.1, -0.05) is 15.9 Å². The van der Waals surface area contributed by atoms with E-state index in [1.54, 1.807) is 0 Å². The summed E-state index contributed by atoms with van der Waals surface area (Å²) in [5.41, 5.74) is 0.799. The van der Waals surface area contributed by atoms with Crippen LogP contribution in [0.25, 0.3) is 0 Å². The molecule has 0 bridgehead atoms. The molecular weight excluding hydrogens is 381 g/mol. The molecule has 16 heavy (non-hydrogen) atoms. The molecule has 0 spiro atoms. The van der Waals surface area contributed by atoms with Gasteiger partial charge in [0.15, 0.2) is 0 Å². The first-order chi connectivity index (χ1) is 7.72. The molecule has 0 unspecified atom stereocenters. The molecule has 0 atom stereocenters. The summed E-state index contributed by atoms with van der Waals surface area (Å²) in [6.07, 6.45) is 2.31. The van der Waals surface area contributed by atoms with E-state index in [4.69, 9.17) is 0 Å². The number of carbonyl (C=O) groups excluding carboxylic acids is 1. The van der Waals surface area contributed by atoms with Gasteiger partial charge in [0.2, 0.25) is 0 Å². The predicted molar refractivity (Wildman–Crippen MR) is 77.0 cm³/mol. The lowest BCUT2D eigenvalue weighted by Crippen LogP contribution is -2.34. The lowest BCUT2D eigenvalue weighted by molar-refractivity contribution is 0.0754. The van der Waals surface area contributed by atoms with E-state index < -0.39 is 0 Å². The molecule has 0 heterocycles. The highest BCUT2D eigenvalue weighted by Gasteiger charge is 2.32. The fourth-order valence-electron chi connectivity index (χ4n) is 1.69. The molecule has 2 nitrogen and oxygen atoms in total. The minimum Gasteiger partial charge on any atom is -0.335 e. The average molecular weight is 394 g/mol. The largest absolute Gasteiger partial charge is 0.335 e. The van der Waals surface area contributed by atoms with Crippen LogP contribution in [0, 0.1) is 3.57 Å². The molecule has 0 aliphatic heterocycles. The summed E-state index contributed by atoms with van der Waals surface area (Å²) in [6.45, 7) is 0.801. The van der Waals surface area contributed by atoms with Crippen LogP contribution in [0.1, 0.15) is 23.2 Å². The van der Waals surface area contributed by atoms with E-state index in [0.29, 0.717) is 6.04 Å². The molecule has 0 saturated heterocycles. The molecule has 1 aliphatic rings. The first kappa shape index (κ1) is 12.4. The second-order valence-corrected chi connectivity index (χ2v) is 5.96. The van der Waals surface area contributed by atoms with E-state index in [1.807, 2.05) is 29.2 Å². The van der Waals surface area contributed by atoms with E-state index in [1.165, 1.54) is 0 Å². The quantitative estimate of drug-likeness (QED) is 0.567. The second kappa shape index (κ2) is 5.49. The van der Waals surface area contributed by atoms with Gasteiger partial charge in [-0.05, 0) is 59.7 Å². The maximum atomic E-state index is 12.2. The smallest absolute Gasteiger partial charge is 0.254 e. The van der Waals surface area contributed by atoms with Crippen LogP contribution in [-0.2, 0) is 0 Å². The third-order valence-electron chi connectivity index (χ3n) is 2.67. The number of hydrogen-bond acceptors (Lipinski definition) is 1. The number of alkyl halides is 1. The van der Waals surface area contributed by atoms with Crippen LogP contribution in [0.5, 0.6) is 0 Å². The number of rotatable bonds is 4. The molecule has 1 aromatic rings. The van der Waals surface area contributed by atoms with Crippen LogP contribution in [0.2, 0.25) is 0 Å². The monoisotopic (exact) mass is 393 g/mol. The second-order valence-electron chi connectivity index (χ2n) is 3.93. The summed E-state index contributed by atoms with van der Waals surface area (Å²) < 4.78 is 1.16. The van der Waals surface area contributed by atoms with Gasteiger partial charge in [-0.2, -0.15) is 0 Å². The maximum Gasteiger partial charge on any atom is 0.254 e. The highest BCUT2D eigenvalue weighted by atomic mass is 127. The Hall–Kier alpha value is -0.100. The zero-order valence-corrected chi connectivity index (χ0v) is 12.6. The lowest BCUT2D eigenvalue weighted by Gasteiger charge is -2.21. The number of nitrogens with zero attached hydrogens (tertiary/aromatic N) is 1. The number of hydrogen-bond donors (Lipinski definition) is 0. The fraction of sp³-hybridized carbons (Fsp3) is 0.417. The maximum absolute atomic E-state index is 12.2. The van der Waals surface area contributed by atoms with Crippen molar-refractivity contribution >= 4 is 44.4 Å². The predicted octanol–water partition coefficient (Wildman–Crippen LogP) is 3.29. The van der Waals surface area contributed by atoms with Crippen molar-refractivity contribution in [3.05, 3.63) is 33.4 Å². The first-order valence-corrected chi connectivity index (χ1v) is 7.55. The fourth-order valence-corrected chi connectivity index (χ4v) is 2.43. The number of halogens is 2. The topological polar surface area (TPSA) is 20.3 Å². The van der Waals surface area contributed by atoms with Gasteiger partial charge in [0.1, 0.15) is 0 Å². The van der Waals surface area contributed by atoms with Crippen molar-refractivity contribution in [1.82, 2.24) is 4.90 Å². The van der Waals surface area contributed by atoms with E-state index in [0.717, 1.165) is 33.9 Å². The van der Waals surface area contributed by atoms with Gasteiger partial charge in [0, 0.05) is 27.1 Å². The first-order valence-electron chi connectivity index (χ1n) is 5.35. The van der Waals surface area contributed by atoms with Gasteiger partial charge >= 0.3 is 0 Å². The molecule has 86 valence electrons. The molecule has 1 saturated carbocycles. The summed E-state index contributed by atoms with van der Waals surface area (Å²) >= 11 is 5.65. The van der Waals surface area contributed by atoms with Gasteiger partial charge in [-0.25, -0.2) is 0 Å². The molecule has 4 heteroatoms. The van der Waals surface area contributed by atoms with Gasteiger partial charge in [-0.3, -0.25) is 4.79 Å². The molecule has 0 aromatic heterocycles. The highest BCUT2D eigenvalue weighted by molar-refractivity contribution is 14.1. The minimum atomic E-state index is 0.165. The van der Waals surface area contributed by atoms with Crippen LogP contribution in [0.15, 0.2) is 24.3 Å². The lowest BCUT2D eigenvalue weighted by atomic mass is 10.2. The summed E-state index contributed by atoms with van der Waals surface area (Å²) in [5.74, 6) is 0.165. The molecule has 1 aromatic carbocycles. The Morgan fingerprint density at radius 1 is 1.38 bits per heavy atom. The molecule has 1 aliphatic carbocycles. The van der Waals surface area contributed by atoms with Crippen molar-refractivity contribution in [3.8, 4) is 0 Å². The van der Waals surface area contributed by atoms with Crippen molar-refractivity contribution in [2.75, 3.05) is 11.9 Å². The van der Waals surface area contributed by atoms with Crippen molar-refractivity contribution in [3.63, 3.8) is 0 Å². The number of amides is 1. The van der Waals surface area contributed by atoms with E-state index in [9.17, 15) is 4.79 Å². The highest BCUT2D eigenvalue weighted by Crippen LogP contribution is 2.28. The molecule has 0 N–H and O–H groups in total. The zero-order valence-electron chi connectivity index (χ0n) is 8.83. The summed E-state index contributed by atoms with van der Waals surface area (Å²) in [5, 5.41) is 0.847. The molecule has 1 fully saturated rings. The molecule has 1 amide bonds. The third-order valence-corrected chi connectivity index (χ3v) is 3.74. The zero-order chi connectivity index (χ0) is 11.5. The number of carbonyl (C=O) groups is 1. The van der Waals surface area contributed by atoms with Crippen LogP contribution in [0.4, 0.5) is 0 Å². The van der Waals surface area contributed by atoms with Crippen LogP contribution >= 0.6 is 38.5 Å². The van der Waals surface area contributed by atoms with E-state index in [-0.39, 0.29) is 5.91 Å². The van der Waals surface area contributed by atoms with Crippen molar-refractivity contribution in [1.29, 1.82) is 0 Å². The van der Waals surface area contributed by atoms with Gasteiger partial charge < -0.3 is 4.90 Å². The molecule has 0 radical (unpaired) electrons. The third kappa shape index (κ3) is 2.97. The van der Waals surface area contributed by atoms with Gasteiger partial charge in [-0.15, -0.1) is 0 Å². The van der Waals surface area contributed by atoms with Crippen LogP contribution < -0.4 is 0 Å². The van der Waals surface area contributed by atoms with Gasteiger partial charge in [0.05, 0.1) is 0 Å². The standard InChI is InChI=1S/C12H13BrINO/c13-7-8-15(11-5-6-11)12(16)9-1-3-10(14)4-2-9/h1-4,11H,5-8H2. The average Bonchev–Trinajstić information content (AvgIpc) is 3.10. The Balaban J connectivity index is 2.12. The van der Waals surface area contributed by atoms with Crippen molar-refractivity contribution < 1.29 is 4.79 Å². The van der Waals surface area contributed by atoms with Crippen LogP contribution in [0.3, 0.4) is 0 Å². The van der Waals surface area contributed by atoms with Crippen LogP contribution in [-0.4, -0.2) is 28.7 Å². The minimum absolute atomic E-state index is 0.165. The Morgan fingerprint density at radius 2 is 2.00 bits per heavy atom.